The molecule has 0 amide bonds. The molecule has 0 bridgehead atoms. The molecule has 0 saturated heterocycles. The van der Waals surface area contributed by atoms with E-state index >= 15 is 0 Å². The summed E-state index contributed by atoms with van der Waals surface area (Å²) in [5, 5.41) is 0. The van der Waals surface area contributed by atoms with E-state index in [4.69, 9.17) is 9.29 Å². The van der Waals surface area contributed by atoms with Crippen molar-refractivity contribution in [2.45, 2.75) is 77.6 Å². The Morgan fingerprint density at radius 3 is 1.95 bits per heavy atom. The lowest BCUT2D eigenvalue weighted by atomic mass is 10.1. The van der Waals surface area contributed by atoms with Crippen LogP contribution in [0.5, 0.6) is 0 Å². The number of carbonyl (C=O) groups is 1. The number of hydrogen-bond acceptors (Lipinski definition) is 4. The Labute approximate surface area is 129 Å². The van der Waals surface area contributed by atoms with Gasteiger partial charge in [0.15, 0.2) is 0 Å². The minimum absolute atomic E-state index is 0.0873. The molecule has 0 heterocycles. The van der Waals surface area contributed by atoms with Gasteiger partial charge in [0.25, 0.3) is 10.1 Å². The fourth-order valence-corrected chi connectivity index (χ4v) is 2.60. The summed E-state index contributed by atoms with van der Waals surface area (Å²) in [4.78, 5) is 11.2. The number of esters is 1. The maximum Gasteiger partial charge on any atom is 0.305 e. The first kappa shape index (κ1) is 20.4. The van der Waals surface area contributed by atoms with Gasteiger partial charge in [0.2, 0.25) is 0 Å². The third-order valence-corrected chi connectivity index (χ3v) is 4.10. The molecule has 1 N–H and O–H groups in total. The zero-order valence-electron chi connectivity index (χ0n) is 13.2. The summed E-state index contributed by atoms with van der Waals surface area (Å²) in [5.41, 5.74) is 0. The lowest BCUT2D eigenvalue weighted by Gasteiger charge is -2.04. The van der Waals surface area contributed by atoms with E-state index in [0.717, 1.165) is 57.8 Å². The number of rotatable bonds is 14. The first-order valence-electron chi connectivity index (χ1n) is 8.06. The molecule has 0 atom stereocenters. The van der Waals surface area contributed by atoms with Crippen LogP contribution in [-0.2, 0) is 19.6 Å². The smallest absolute Gasteiger partial charge is 0.305 e. The second-order valence-corrected chi connectivity index (χ2v) is 7.01. The highest BCUT2D eigenvalue weighted by Gasteiger charge is 2.03. The highest BCUT2D eigenvalue weighted by atomic mass is 32.2. The predicted octanol–water partition coefficient (Wildman–Crippen LogP) is 3.73. The van der Waals surface area contributed by atoms with Crippen LogP contribution in [0.1, 0.15) is 77.6 Å². The summed E-state index contributed by atoms with van der Waals surface area (Å²) >= 11 is 0. The largest absolute Gasteiger partial charge is 0.466 e. The number of hydrogen-bond donors (Lipinski definition) is 1. The second-order valence-electron chi connectivity index (χ2n) is 5.44. The van der Waals surface area contributed by atoms with Crippen molar-refractivity contribution in [3.63, 3.8) is 0 Å². The number of unbranched alkanes of at least 4 members (excludes halogenated alkanes) is 8. The van der Waals surface area contributed by atoms with Crippen LogP contribution in [0.15, 0.2) is 0 Å². The van der Waals surface area contributed by atoms with Crippen molar-refractivity contribution in [2.24, 2.45) is 0 Å². The molecular formula is C15H30O5S. The Hall–Kier alpha value is -0.620. The molecule has 0 aromatic carbocycles. The average molecular weight is 322 g/mol. The molecule has 0 aliphatic heterocycles. The van der Waals surface area contributed by atoms with Crippen molar-refractivity contribution in [2.75, 3.05) is 12.4 Å². The molecular weight excluding hydrogens is 292 g/mol. The molecule has 0 aliphatic carbocycles. The van der Waals surface area contributed by atoms with Crippen molar-refractivity contribution in [3.05, 3.63) is 0 Å². The van der Waals surface area contributed by atoms with E-state index in [1.54, 1.807) is 0 Å². The monoisotopic (exact) mass is 322 g/mol. The quantitative estimate of drug-likeness (QED) is 0.299. The molecule has 0 aliphatic rings. The van der Waals surface area contributed by atoms with Gasteiger partial charge in [-0.05, 0) is 19.3 Å². The van der Waals surface area contributed by atoms with E-state index in [0.29, 0.717) is 19.4 Å². The standard InChI is InChI=1S/C15H30O5S/c1-2-3-12-15(16)20-13-10-8-6-4-5-7-9-11-14-21(17,18)19/h2-14H2,1H3,(H,17,18,19). The molecule has 126 valence electrons. The summed E-state index contributed by atoms with van der Waals surface area (Å²) in [7, 11) is -3.79. The first-order valence-corrected chi connectivity index (χ1v) is 9.67. The predicted molar refractivity (Wildman–Crippen MR) is 83.8 cm³/mol. The third-order valence-electron chi connectivity index (χ3n) is 3.29. The van der Waals surface area contributed by atoms with Crippen LogP contribution in [0.2, 0.25) is 0 Å². The van der Waals surface area contributed by atoms with E-state index in [1.165, 1.54) is 0 Å². The fourth-order valence-electron chi connectivity index (χ4n) is 2.03. The SMILES string of the molecule is CCCCC(=O)OCCCCCCCCCCS(=O)(=O)O. The summed E-state index contributed by atoms with van der Waals surface area (Å²) in [6, 6.07) is 0. The molecule has 0 aromatic heterocycles. The summed E-state index contributed by atoms with van der Waals surface area (Å²) in [6.45, 7) is 2.58. The van der Waals surface area contributed by atoms with Crippen molar-refractivity contribution < 1.29 is 22.5 Å². The zero-order valence-corrected chi connectivity index (χ0v) is 14.0. The van der Waals surface area contributed by atoms with Crippen LogP contribution in [0.3, 0.4) is 0 Å². The maximum atomic E-state index is 11.2. The molecule has 21 heavy (non-hydrogen) atoms. The minimum atomic E-state index is -3.79. The fraction of sp³-hybridized carbons (Fsp3) is 0.933. The van der Waals surface area contributed by atoms with Gasteiger partial charge in [-0.3, -0.25) is 9.35 Å². The highest BCUT2D eigenvalue weighted by Crippen LogP contribution is 2.09. The van der Waals surface area contributed by atoms with Gasteiger partial charge in [0, 0.05) is 6.42 Å². The molecule has 0 saturated carbocycles. The van der Waals surface area contributed by atoms with Crippen molar-refractivity contribution in [1.82, 2.24) is 0 Å². The second kappa shape index (κ2) is 13.1. The van der Waals surface area contributed by atoms with Crippen molar-refractivity contribution in [1.29, 1.82) is 0 Å². The third kappa shape index (κ3) is 17.3. The van der Waals surface area contributed by atoms with Gasteiger partial charge in [-0.1, -0.05) is 51.9 Å². The van der Waals surface area contributed by atoms with Gasteiger partial charge in [-0.25, -0.2) is 0 Å². The van der Waals surface area contributed by atoms with Crippen LogP contribution >= 0.6 is 0 Å². The maximum absolute atomic E-state index is 11.2. The Balaban J connectivity index is 3.17. The van der Waals surface area contributed by atoms with Crippen LogP contribution < -0.4 is 0 Å². The molecule has 5 nitrogen and oxygen atoms in total. The Kier molecular flexibility index (Phi) is 12.7. The zero-order chi connectivity index (χ0) is 16.0. The van der Waals surface area contributed by atoms with Crippen LogP contribution in [0, 0.1) is 0 Å². The number of carbonyl (C=O) groups excluding carboxylic acids is 1. The van der Waals surface area contributed by atoms with Gasteiger partial charge in [0.05, 0.1) is 12.4 Å². The van der Waals surface area contributed by atoms with Gasteiger partial charge in [-0.15, -0.1) is 0 Å². The van der Waals surface area contributed by atoms with Crippen LogP contribution in [-0.4, -0.2) is 31.3 Å². The van der Waals surface area contributed by atoms with E-state index < -0.39 is 10.1 Å². The van der Waals surface area contributed by atoms with Gasteiger partial charge >= 0.3 is 5.97 Å². The first-order chi connectivity index (χ1) is 9.95. The van der Waals surface area contributed by atoms with Gasteiger partial charge < -0.3 is 4.74 Å². The van der Waals surface area contributed by atoms with E-state index in [2.05, 4.69) is 6.92 Å². The highest BCUT2D eigenvalue weighted by molar-refractivity contribution is 7.85. The van der Waals surface area contributed by atoms with Crippen molar-refractivity contribution in [3.8, 4) is 0 Å². The van der Waals surface area contributed by atoms with E-state index in [-0.39, 0.29) is 11.7 Å². The Morgan fingerprint density at radius 2 is 1.43 bits per heavy atom. The number of ether oxygens (including phenoxy) is 1. The topological polar surface area (TPSA) is 80.7 Å². The normalized spacial score (nSPS) is 11.5. The lowest BCUT2D eigenvalue weighted by Crippen LogP contribution is -2.05. The molecule has 0 rings (SSSR count). The minimum Gasteiger partial charge on any atom is -0.466 e. The van der Waals surface area contributed by atoms with Crippen LogP contribution in [0.4, 0.5) is 0 Å². The Bertz CT molecular complexity index is 351. The summed E-state index contributed by atoms with van der Waals surface area (Å²) < 4.78 is 34.7. The molecule has 6 heteroatoms. The van der Waals surface area contributed by atoms with E-state index in [1.807, 2.05) is 0 Å². The average Bonchev–Trinajstić information content (AvgIpc) is 2.41. The van der Waals surface area contributed by atoms with Gasteiger partial charge in [0.1, 0.15) is 0 Å². The van der Waals surface area contributed by atoms with E-state index in [9.17, 15) is 13.2 Å². The molecule has 0 fully saturated rings. The summed E-state index contributed by atoms with van der Waals surface area (Å²) in [6.07, 6.45) is 10.1. The molecule has 0 spiro atoms. The molecule has 0 aromatic rings. The van der Waals surface area contributed by atoms with Gasteiger partial charge in [-0.2, -0.15) is 8.42 Å². The van der Waals surface area contributed by atoms with Crippen molar-refractivity contribution >= 4 is 16.1 Å². The van der Waals surface area contributed by atoms with Crippen LogP contribution in [0.25, 0.3) is 0 Å². The molecule has 0 unspecified atom stereocenters. The molecule has 0 radical (unpaired) electrons. The Morgan fingerprint density at radius 1 is 0.905 bits per heavy atom. The lowest BCUT2D eigenvalue weighted by molar-refractivity contribution is -0.143. The summed E-state index contributed by atoms with van der Waals surface area (Å²) in [5.74, 6) is -0.216.